The molecule has 0 heterocycles. The van der Waals surface area contributed by atoms with Crippen molar-refractivity contribution in [3.05, 3.63) is 57.6 Å². The van der Waals surface area contributed by atoms with Crippen molar-refractivity contribution >= 4 is 40.6 Å². The molecule has 0 saturated heterocycles. The van der Waals surface area contributed by atoms with Crippen LogP contribution in [-0.4, -0.2) is 11.1 Å². The largest absolute Gasteiger partial charge is 0.392 e. The Bertz CT molecular complexity index is 706. The van der Waals surface area contributed by atoms with E-state index in [0.29, 0.717) is 6.07 Å². The fourth-order valence-corrected chi connectivity index (χ4v) is 2.34. The molecular weight excluding hydrogens is 337 g/mol. The summed E-state index contributed by atoms with van der Waals surface area (Å²) in [7, 11) is 0. The van der Waals surface area contributed by atoms with Crippen molar-refractivity contribution in [2.45, 2.75) is 6.61 Å². The van der Waals surface area contributed by atoms with Crippen LogP contribution in [0.25, 0.3) is 0 Å². The van der Waals surface area contributed by atoms with Crippen LogP contribution in [0, 0.1) is 11.6 Å². The van der Waals surface area contributed by atoms with Crippen LogP contribution in [0.15, 0.2) is 30.3 Å². The number of halogens is 4. The summed E-state index contributed by atoms with van der Waals surface area (Å²) in [4.78, 5) is 11.9. The van der Waals surface area contributed by atoms with Crippen molar-refractivity contribution in [2.75, 3.05) is 10.6 Å². The average molecular weight is 347 g/mol. The molecule has 2 aromatic rings. The van der Waals surface area contributed by atoms with Crippen LogP contribution in [0.4, 0.5) is 25.0 Å². The van der Waals surface area contributed by atoms with Crippen molar-refractivity contribution in [1.82, 2.24) is 0 Å². The van der Waals surface area contributed by atoms with Gasteiger partial charge < -0.3 is 15.7 Å². The lowest BCUT2D eigenvalue weighted by molar-refractivity contribution is 0.262. The summed E-state index contributed by atoms with van der Waals surface area (Å²) < 4.78 is 26.1. The van der Waals surface area contributed by atoms with Crippen LogP contribution in [-0.2, 0) is 6.61 Å². The molecule has 0 atom stereocenters. The quantitative estimate of drug-likeness (QED) is 0.770. The number of hydrogen-bond donors (Lipinski definition) is 3. The predicted octanol–water partition coefficient (Wildman–Crippen LogP) is 4.41. The molecule has 116 valence electrons. The molecule has 0 bridgehead atoms. The first kappa shape index (κ1) is 16.5. The molecule has 3 N–H and O–H groups in total. The number of urea groups is 1. The van der Waals surface area contributed by atoms with Crippen molar-refractivity contribution in [2.24, 2.45) is 0 Å². The molecule has 0 fully saturated rings. The lowest BCUT2D eigenvalue weighted by Crippen LogP contribution is -2.20. The van der Waals surface area contributed by atoms with Gasteiger partial charge in [0.2, 0.25) is 0 Å². The summed E-state index contributed by atoms with van der Waals surface area (Å²) in [6.45, 7) is -0.416. The number of hydrogen-bond acceptors (Lipinski definition) is 2. The Kier molecular flexibility index (Phi) is 5.18. The third kappa shape index (κ3) is 4.07. The van der Waals surface area contributed by atoms with E-state index >= 15 is 0 Å². The molecule has 0 radical (unpaired) electrons. The highest BCUT2D eigenvalue weighted by Crippen LogP contribution is 2.29. The highest BCUT2D eigenvalue weighted by atomic mass is 35.5. The smallest absolute Gasteiger partial charge is 0.323 e. The average Bonchev–Trinajstić information content (AvgIpc) is 2.36. The first-order valence-electron chi connectivity index (χ1n) is 6.02. The number of nitrogens with one attached hydrogen (secondary N) is 2. The lowest BCUT2D eigenvalue weighted by Gasteiger charge is -2.13. The van der Waals surface area contributed by atoms with Gasteiger partial charge in [-0.1, -0.05) is 23.2 Å². The van der Waals surface area contributed by atoms with E-state index in [1.165, 1.54) is 12.1 Å². The van der Waals surface area contributed by atoms with E-state index in [-0.39, 0.29) is 27.0 Å². The third-order valence-electron chi connectivity index (χ3n) is 2.69. The summed E-state index contributed by atoms with van der Waals surface area (Å²) in [5.74, 6) is -1.64. The number of amides is 2. The van der Waals surface area contributed by atoms with E-state index in [1.54, 1.807) is 0 Å². The number of rotatable bonds is 3. The van der Waals surface area contributed by atoms with Crippen LogP contribution in [0.1, 0.15) is 5.56 Å². The Hall–Kier alpha value is -1.89. The summed E-state index contributed by atoms with van der Waals surface area (Å²) in [5.41, 5.74) is 0.398. The molecule has 2 amide bonds. The van der Waals surface area contributed by atoms with Crippen molar-refractivity contribution < 1.29 is 18.7 Å². The van der Waals surface area contributed by atoms with Crippen molar-refractivity contribution in [3.8, 4) is 0 Å². The number of benzene rings is 2. The maximum Gasteiger partial charge on any atom is 0.323 e. The molecule has 0 aliphatic carbocycles. The summed E-state index contributed by atoms with van der Waals surface area (Å²) in [6, 6.07) is 4.65. The van der Waals surface area contributed by atoms with Crippen LogP contribution < -0.4 is 10.6 Å². The van der Waals surface area contributed by atoms with E-state index in [2.05, 4.69) is 10.6 Å². The van der Waals surface area contributed by atoms with Gasteiger partial charge in [-0.15, -0.1) is 0 Å². The second kappa shape index (κ2) is 6.91. The fourth-order valence-electron chi connectivity index (χ4n) is 1.79. The van der Waals surface area contributed by atoms with Crippen LogP contribution in [0.3, 0.4) is 0 Å². The maximum atomic E-state index is 13.1. The molecule has 8 heteroatoms. The summed E-state index contributed by atoms with van der Waals surface area (Å²) in [5, 5.41) is 14.4. The van der Waals surface area contributed by atoms with Crippen LogP contribution in [0.2, 0.25) is 10.0 Å². The van der Waals surface area contributed by atoms with Crippen LogP contribution in [0.5, 0.6) is 0 Å². The summed E-state index contributed by atoms with van der Waals surface area (Å²) >= 11 is 11.7. The highest BCUT2D eigenvalue weighted by Gasteiger charge is 2.12. The zero-order valence-corrected chi connectivity index (χ0v) is 12.5. The minimum absolute atomic E-state index is 0.0614. The molecule has 0 aromatic heterocycles. The Morgan fingerprint density at radius 3 is 2.27 bits per heavy atom. The van der Waals surface area contributed by atoms with Gasteiger partial charge in [-0.05, 0) is 24.3 Å². The van der Waals surface area contributed by atoms with Gasteiger partial charge in [0, 0.05) is 27.4 Å². The molecule has 0 unspecified atom stereocenters. The topological polar surface area (TPSA) is 61.4 Å². The zero-order chi connectivity index (χ0) is 16.3. The van der Waals surface area contributed by atoms with E-state index in [9.17, 15) is 18.7 Å². The number of carbonyl (C=O) groups is 1. The maximum absolute atomic E-state index is 13.1. The van der Waals surface area contributed by atoms with Crippen LogP contribution >= 0.6 is 23.2 Å². The molecule has 4 nitrogen and oxygen atoms in total. The van der Waals surface area contributed by atoms with Gasteiger partial charge in [0.05, 0.1) is 12.3 Å². The first-order valence-corrected chi connectivity index (χ1v) is 6.77. The zero-order valence-electron chi connectivity index (χ0n) is 11.0. The monoisotopic (exact) mass is 346 g/mol. The second-order valence-corrected chi connectivity index (χ2v) is 5.15. The molecule has 0 aliphatic rings. The molecule has 2 aromatic carbocycles. The standard InChI is InChI=1S/C14H10Cl2F2N2O2/c15-7-1-12(16)11(6-21)13(2-7)20-14(22)19-10-4-8(17)3-9(18)5-10/h1-5,21H,6H2,(H2,19,20,22). The Morgan fingerprint density at radius 2 is 1.68 bits per heavy atom. The molecule has 0 saturated carbocycles. The van der Waals surface area contributed by atoms with Gasteiger partial charge in [0.15, 0.2) is 0 Å². The van der Waals surface area contributed by atoms with E-state index in [1.807, 2.05) is 0 Å². The number of aliphatic hydroxyl groups is 1. The Balaban J connectivity index is 2.19. The van der Waals surface area contributed by atoms with Gasteiger partial charge >= 0.3 is 6.03 Å². The molecule has 22 heavy (non-hydrogen) atoms. The van der Waals surface area contributed by atoms with Crippen molar-refractivity contribution in [3.63, 3.8) is 0 Å². The minimum atomic E-state index is -0.822. The van der Waals surface area contributed by atoms with Gasteiger partial charge in [-0.2, -0.15) is 0 Å². The SMILES string of the molecule is O=C(Nc1cc(F)cc(F)c1)Nc1cc(Cl)cc(Cl)c1CO. The minimum Gasteiger partial charge on any atom is -0.392 e. The van der Waals surface area contributed by atoms with Gasteiger partial charge in [0.25, 0.3) is 0 Å². The Morgan fingerprint density at radius 1 is 1.05 bits per heavy atom. The molecule has 0 spiro atoms. The second-order valence-electron chi connectivity index (χ2n) is 4.31. The third-order valence-corrected chi connectivity index (χ3v) is 3.24. The number of carbonyl (C=O) groups excluding carboxylic acids is 1. The van der Waals surface area contributed by atoms with Gasteiger partial charge in [0.1, 0.15) is 11.6 Å². The number of aliphatic hydroxyl groups excluding tert-OH is 1. The number of anilines is 2. The van der Waals surface area contributed by atoms with Gasteiger partial charge in [-0.3, -0.25) is 0 Å². The normalized spacial score (nSPS) is 10.4. The lowest BCUT2D eigenvalue weighted by atomic mass is 10.2. The van der Waals surface area contributed by atoms with E-state index in [0.717, 1.165) is 12.1 Å². The van der Waals surface area contributed by atoms with Crippen molar-refractivity contribution in [1.29, 1.82) is 0 Å². The van der Waals surface area contributed by atoms with E-state index < -0.39 is 24.3 Å². The predicted molar refractivity (Wildman–Crippen MR) is 81.4 cm³/mol. The Labute approximate surface area is 134 Å². The molecule has 2 rings (SSSR count). The van der Waals surface area contributed by atoms with Gasteiger partial charge in [-0.25, -0.2) is 13.6 Å². The fraction of sp³-hybridized carbons (Fsp3) is 0.0714. The first-order chi connectivity index (χ1) is 10.4. The van der Waals surface area contributed by atoms with E-state index in [4.69, 9.17) is 23.2 Å². The molecule has 0 aliphatic heterocycles. The molecular formula is C14H10Cl2F2N2O2. The summed E-state index contributed by atoms with van der Waals surface area (Å²) in [6.07, 6.45) is 0. The highest BCUT2D eigenvalue weighted by molar-refractivity contribution is 6.35.